The minimum Gasteiger partial charge on any atom is -0.493 e. The maximum Gasteiger partial charge on any atom is 0.390 e. The average molecular weight is 301 g/mol. The van der Waals surface area contributed by atoms with Crippen molar-refractivity contribution in [1.82, 2.24) is 4.90 Å². The number of alkyl halides is 3. The van der Waals surface area contributed by atoms with Crippen LogP contribution in [0, 0.1) is 12.8 Å². The zero-order valence-corrected chi connectivity index (χ0v) is 12.3. The molecule has 0 saturated carbocycles. The highest BCUT2D eigenvalue weighted by Gasteiger charge is 2.29. The molecule has 1 saturated heterocycles. The lowest BCUT2D eigenvalue weighted by molar-refractivity contribution is -0.138. The van der Waals surface area contributed by atoms with E-state index >= 15 is 0 Å². The summed E-state index contributed by atoms with van der Waals surface area (Å²) in [7, 11) is 0. The van der Waals surface area contributed by atoms with Crippen LogP contribution < -0.4 is 4.74 Å². The molecule has 21 heavy (non-hydrogen) atoms. The van der Waals surface area contributed by atoms with Crippen LogP contribution in [-0.4, -0.2) is 37.3 Å². The molecule has 1 fully saturated rings. The second kappa shape index (κ2) is 7.16. The molecule has 1 aromatic rings. The SMILES string of the molecule is Cc1ccccc1OCC1CCCN(CCC(F)(F)F)C1. The molecule has 0 bridgehead atoms. The fourth-order valence-electron chi connectivity index (χ4n) is 2.70. The number of halogens is 3. The number of aryl methyl sites for hydroxylation is 1. The third-order valence-corrected chi connectivity index (χ3v) is 3.88. The lowest BCUT2D eigenvalue weighted by Crippen LogP contribution is -2.39. The van der Waals surface area contributed by atoms with Crippen LogP contribution in [0.15, 0.2) is 24.3 Å². The van der Waals surface area contributed by atoms with Crippen molar-refractivity contribution in [2.45, 2.75) is 32.4 Å². The van der Waals surface area contributed by atoms with Crippen molar-refractivity contribution in [3.05, 3.63) is 29.8 Å². The Labute approximate surface area is 123 Å². The number of ether oxygens (including phenoxy) is 1. The predicted octanol–water partition coefficient (Wildman–Crippen LogP) is 4.04. The molecule has 0 aliphatic carbocycles. The topological polar surface area (TPSA) is 12.5 Å². The van der Waals surface area contributed by atoms with Crippen LogP contribution >= 0.6 is 0 Å². The molecule has 0 spiro atoms. The first-order chi connectivity index (χ1) is 9.94. The van der Waals surface area contributed by atoms with Gasteiger partial charge in [0.2, 0.25) is 0 Å². The molecule has 2 rings (SSSR count). The van der Waals surface area contributed by atoms with E-state index in [1.54, 1.807) is 0 Å². The lowest BCUT2D eigenvalue weighted by Gasteiger charge is -2.32. The third kappa shape index (κ3) is 5.58. The summed E-state index contributed by atoms with van der Waals surface area (Å²) in [5.74, 6) is 1.18. The van der Waals surface area contributed by atoms with E-state index in [0.717, 1.165) is 30.7 Å². The van der Waals surface area contributed by atoms with Gasteiger partial charge in [-0.3, -0.25) is 0 Å². The van der Waals surface area contributed by atoms with E-state index in [1.807, 2.05) is 36.1 Å². The maximum atomic E-state index is 12.3. The summed E-state index contributed by atoms with van der Waals surface area (Å²) < 4.78 is 42.6. The summed E-state index contributed by atoms with van der Waals surface area (Å²) >= 11 is 0. The highest BCUT2D eigenvalue weighted by molar-refractivity contribution is 5.31. The molecule has 1 aromatic carbocycles. The molecule has 0 amide bonds. The summed E-state index contributed by atoms with van der Waals surface area (Å²) in [5.41, 5.74) is 1.09. The van der Waals surface area contributed by atoms with Gasteiger partial charge in [-0.2, -0.15) is 13.2 Å². The fraction of sp³-hybridized carbons (Fsp3) is 0.625. The molecule has 2 nitrogen and oxygen atoms in total. The Morgan fingerprint density at radius 2 is 2.05 bits per heavy atom. The lowest BCUT2D eigenvalue weighted by atomic mass is 9.99. The van der Waals surface area contributed by atoms with E-state index in [9.17, 15) is 13.2 Å². The van der Waals surface area contributed by atoms with E-state index < -0.39 is 12.6 Å². The van der Waals surface area contributed by atoms with Gasteiger partial charge in [0.1, 0.15) is 5.75 Å². The molecule has 5 heteroatoms. The van der Waals surface area contributed by atoms with Gasteiger partial charge in [-0.05, 0) is 37.9 Å². The zero-order chi connectivity index (χ0) is 15.3. The Kier molecular flexibility index (Phi) is 5.51. The Balaban J connectivity index is 1.78. The summed E-state index contributed by atoms with van der Waals surface area (Å²) in [4.78, 5) is 1.91. The van der Waals surface area contributed by atoms with Crippen LogP contribution in [0.3, 0.4) is 0 Å². The summed E-state index contributed by atoms with van der Waals surface area (Å²) in [5, 5.41) is 0. The van der Waals surface area contributed by atoms with Crippen molar-refractivity contribution in [3.63, 3.8) is 0 Å². The molecule has 1 aliphatic rings. The average Bonchev–Trinajstić information content (AvgIpc) is 2.44. The smallest absolute Gasteiger partial charge is 0.390 e. The van der Waals surface area contributed by atoms with E-state index in [4.69, 9.17) is 4.74 Å². The van der Waals surface area contributed by atoms with Crippen LogP contribution in [-0.2, 0) is 0 Å². The van der Waals surface area contributed by atoms with Crippen LogP contribution in [0.2, 0.25) is 0 Å². The Bertz CT molecular complexity index is 447. The largest absolute Gasteiger partial charge is 0.493 e. The summed E-state index contributed by atoms with van der Waals surface area (Å²) in [6.07, 6.45) is -2.82. The Morgan fingerprint density at radius 3 is 2.76 bits per heavy atom. The van der Waals surface area contributed by atoms with Crippen molar-refractivity contribution in [3.8, 4) is 5.75 Å². The summed E-state index contributed by atoms with van der Waals surface area (Å²) in [6.45, 7) is 4.13. The molecule has 1 heterocycles. The number of hydrogen-bond donors (Lipinski definition) is 0. The first-order valence-corrected chi connectivity index (χ1v) is 7.41. The van der Waals surface area contributed by atoms with Gasteiger partial charge in [0.05, 0.1) is 13.0 Å². The molecular formula is C16H22F3NO. The standard InChI is InChI=1S/C16H22F3NO/c1-13-5-2-3-7-15(13)21-12-14-6-4-9-20(11-14)10-8-16(17,18)19/h2-3,5,7,14H,4,6,8-12H2,1H3. The maximum absolute atomic E-state index is 12.3. The van der Waals surface area contributed by atoms with Gasteiger partial charge in [-0.25, -0.2) is 0 Å². The van der Waals surface area contributed by atoms with Crippen molar-refractivity contribution >= 4 is 0 Å². The highest BCUT2D eigenvalue weighted by Crippen LogP contribution is 2.24. The van der Waals surface area contributed by atoms with Crippen molar-refractivity contribution in [1.29, 1.82) is 0 Å². The van der Waals surface area contributed by atoms with Crippen LogP contribution in [0.4, 0.5) is 13.2 Å². The quantitative estimate of drug-likeness (QED) is 0.814. The number of likely N-dealkylation sites (tertiary alicyclic amines) is 1. The normalized spacial score (nSPS) is 20.5. The highest BCUT2D eigenvalue weighted by atomic mass is 19.4. The predicted molar refractivity (Wildman–Crippen MR) is 76.5 cm³/mol. The Hall–Kier alpha value is -1.23. The molecule has 0 N–H and O–H groups in total. The molecule has 118 valence electrons. The van der Waals surface area contributed by atoms with Gasteiger partial charge in [0.25, 0.3) is 0 Å². The monoisotopic (exact) mass is 301 g/mol. The number of piperidine rings is 1. The van der Waals surface area contributed by atoms with Crippen LogP contribution in [0.25, 0.3) is 0 Å². The van der Waals surface area contributed by atoms with Gasteiger partial charge in [0, 0.05) is 19.0 Å². The van der Waals surface area contributed by atoms with Crippen molar-refractivity contribution < 1.29 is 17.9 Å². The number of rotatable bonds is 5. The molecular weight excluding hydrogens is 279 g/mol. The Morgan fingerprint density at radius 1 is 1.29 bits per heavy atom. The second-order valence-corrected chi connectivity index (χ2v) is 5.75. The number of para-hydroxylation sites is 1. The molecule has 1 aliphatic heterocycles. The van der Waals surface area contributed by atoms with Gasteiger partial charge in [-0.15, -0.1) is 0 Å². The van der Waals surface area contributed by atoms with Gasteiger partial charge >= 0.3 is 6.18 Å². The molecule has 0 aromatic heterocycles. The first kappa shape index (κ1) is 16.1. The molecule has 1 unspecified atom stereocenters. The van der Waals surface area contributed by atoms with Crippen molar-refractivity contribution in [2.75, 3.05) is 26.2 Å². The first-order valence-electron chi connectivity index (χ1n) is 7.41. The minimum absolute atomic E-state index is 0.102. The molecule has 1 atom stereocenters. The van der Waals surface area contributed by atoms with Gasteiger partial charge in [0.15, 0.2) is 0 Å². The van der Waals surface area contributed by atoms with Crippen LogP contribution in [0.5, 0.6) is 5.75 Å². The third-order valence-electron chi connectivity index (χ3n) is 3.88. The molecule has 0 radical (unpaired) electrons. The van der Waals surface area contributed by atoms with E-state index in [1.165, 1.54) is 0 Å². The fourth-order valence-corrected chi connectivity index (χ4v) is 2.70. The van der Waals surface area contributed by atoms with E-state index in [0.29, 0.717) is 19.1 Å². The van der Waals surface area contributed by atoms with E-state index in [-0.39, 0.29) is 6.54 Å². The van der Waals surface area contributed by atoms with Gasteiger partial charge in [-0.1, -0.05) is 18.2 Å². The zero-order valence-electron chi connectivity index (χ0n) is 12.3. The van der Waals surface area contributed by atoms with Gasteiger partial charge < -0.3 is 9.64 Å². The second-order valence-electron chi connectivity index (χ2n) is 5.75. The van der Waals surface area contributed by atoms with Crippen molar-refractivity contribution in [2.24, 2.45) is 5.92 Å². The van der Waals surface area contributed by atoms with E-state index in [2.05, 4.69) is 0 Å². The summed E-state index contributed by atoms with van der Waals surface area (Å²) in [6, 6.07) is 7.81. The minimum atomic E-state index is -4.06. The number of hydrogen-bond acceptors (Lipinski definition) is 2. The van der Waals surface area contributed by atoms with Crippen LogP contribution in [0.1, 0.15) is 24.8 Å². The number of nitrogens with zero attached hydrogens (tertiary/aromatic N) is 1. The number of benzene rings is 1.